The summed E-state index contributed by atoms with van der Waals surface area (Å²) < 4.78 is 12.7. The van der Waals surface area contributed by atoms with E-state index >= 15 is 0 Å². The molecule has 0 spiro atoms. The van der Waals surface area contributed by atoms with E-state index in [2.05, 4.69) is 5.32 Å². The summed E-state index contributed by atoms with van der Waals surface area (Å²) in [6.07, 6.45) is 0. The molecule has 0 unspecified atom stereocenters. The van der Waals surface area contributed by atoms with Gasteiger partial charge in [-0.05, 0) is 18.2 Å². The summed E-state index contributed by atoms with van der Waals surface area (Å²) in [5.74, 6) is -0.862. The fourth-order valence-corrected chi connectivity index (χ4v) is 0.838. The molecule has 0 bridgehead atoms. The third-order valence-corrected chi connectivity index (χ3v) is 1.47. The number of halogens is 1. The third kappa shape index (κ3) is 2.41. The molecule has 0 aromatic heterocycles. The van der Waals surface area contributed by atoms with Gasteiger partial charge in [0.1, 0.15) is 5.82 Å². The maximum Gasteiger partial charge on any atom is 0.238 e. The Bertz CT molecular complexity index is 327. The molecule has 4 nitrogen and oxygen atoms in total. The number of carbonyl (C=O) groups excluding carboxylic acids is 1. The average molecular weight is 183 g/mol. The predicted octanol–water partition coefficient (Wildman–Crippen LogP) is 0.305. The molecule has 5 N–H and O–H groups in total. The van der Waals surface area contributed by atoms with E-state index in [9.17, 15) is 9.18 Å². The van der Waals surface area contributed by atoms with Gasteiger partial charge in [0.25, 0.3) is 0 Å². The van der Waals surface area contributed by atoms with Crippen LogP contribution in [0, 0.1) is 5.82 Å². The molecule has 13 heavy (non-hydrogen) atoms. The molecule has 0 aliphatic rings. The lowest BCUT2D eigenvalue weighted by molar-refractivity contribution is -0.114. The van der Waals surface area contributed by atoms with Crippen molar-refractivity contribution in [3.05, 3.63) is 24.0 Å². The summed E-state index contributed by atoms with van der Waals surface area (Å²) in [5, 5.41) is 2.37. The van der Waals surface area contributed by atoms with Crippen molar-refractivity contribution in [3.63, 3.8) is 0 Å². The first-order valence-electron chi connectivity index (χ1n) is 3.68. The van der Waals surface area contributed by atoms with E-state index < -0.39 is 11.7 Å². The lowest BCUT2D eigenvalue weighted by atomic mass is 10.2. The molecule has 0 fully saturated rings. The quantitative estimate of drug-likeness (QED) is 0.577. The van der Waals surface area contributed by atoms with Crippen LogP contribution in [-0.2, 0) is 4.79 Å². The molecule has 5 heteroatoms. The van der Waals surface area contributed by atoms with Crippen molar-refractivity contribution >= 4 is 17.3 Å². The van der Waals surface area contributed by atoms with Crippen LogP contribution in [0.15, 0.2) is 18.2 Å². The first-order valence-corrected chi connectivity index (χ1v) is 3.68. The van der Waals surface area contributed by atoms with Gasteiger partial charge in [0.15, 0.2) is 0 Å². The lowest BCUT2D eigenvalue weighted by Gasteiger charge is -2.06. The number of carbonyl (C=O) groups is 1. The highest BCUT2D eigenvalue weighted by Crippen LogP contribution is 2.18. The number of nitrogens with two attached hydrogens (primary N) is 2. The van der Waals surface area contributed by atoms with Crippen LogP contribution >= 0.6 is 0 Å². The Balaban J connectivity index is 2.87. The standard InChI is InChI=1S/C8H10FN3O/c9-5-1-2-6(11)7(3-5)12-8(13)4-10/h1-3H,4,10-11H2,(H,12,13). The molecule has 0 aliphatic heterocycles. The van der Waals surface area contributed by atoms with Crippen LogP contribution in [0.2, 0.25) is 0 Å². The average Bonchev–Trinajstić information content (AvgIpc) is 2.11. The second kappa shape index (κ2) is 3.86. The van der Waals surface area contributed by atoms with Gasteiger partial charge in [0.2, 0.25) is 5.91 Å². The van der Waals surface area contributed by atoms with Crippen molar-refractivity contribution in [1.82, 2.24) is 0 Å². The van der Waals surface area contributed by atoms with Crippen molar-refractivity contribution in [2.24, 2.45) is 5.73 Å². The molecule has 0 radical (unpaired) electrons. The van der Waals surface area contributed by atoms with Gasteiger partial charge in [0, 0.05) is 0 Å². The number of nitrogens with one attached hydrogen (secondary N) is 1. The van der Waals surface area contributed by atoms with Gasteiger partial charge >= 0.3 is 0 Å². The van der Waals surface area contributed by atoms with Gasteiger partial charge in [-0.25, -0.2) is 4.39 Å². The molecule has 0 heterocycles. The molecule has 0 saturated carbocycles. The van der Waals surface area contributed by atoms with Gasteiger partial charge in [-0.3, -0.25) is 4.79 Å². The van der Waals surface area contributed by atoms with Crippen molar-refractivity contribution in [2.45, 2.75) is 0 Å². The van der Waals surface area contributed by atoms with Gasteiger partial charge in [-0.2, -0.15) is 0 Å². The minimum Gasteiger partial charge on any atom is -0.397 e. The number of hydrogen-bond donors (Lipinski definition) is 3. The summed E-state index contributed by atoms with van der Waals surface area (Å²) in [4.78, 5) is 10.8. The van der Waals surface area contributed by atoms with Crippen molar-refractivity contribution in [1.29, 1.82) is 0 Å². The first-order chi connectivity index (χ1) is 6.13. The first kappa shape index (κ1) is 9.47. The van der Waals surface area contributed by atoms with Crippen LogP contribution in [-0.4, -0.2) is 12.5 Å². The Labute approximate surface area is 74.7 Å². The summed E-state index contributed by atoms with van der Waals surface area (Å²) in [6, 6.07) is 3.73. The van der Waals surface area contributed by atoms with E-state index in [-0.39, 0.29) is 12.2 Å². The Morgan fingerprint density at radius 1 is 1.54 bits per heavy atom. The van der Waals surface area contributed by atoms with Crippen molar-refractivity contribution in [2.75, 3.05) is 17.6 Å². The van der Waals surface area contributed by atoms with E-state index in [4.69, 9.17) is 11.5 Å². The topological polar surface area (TPSA) is 81.1 Å². The molecule has 0 aliphatic carbocycles. The molecular weight excluding hydrogens is 173 g/mol. The summed E-state index contributed by atoms with van der Waals surface area (Å²) in [7, 11) is 0. The van der Waals surface area contributed by atoms with Crippen LogP contribution in [0.5, 0.6) is 0 Å². The van der Waals surface area contributed by atoms with Gasteiger partial charge in [0.05, 0.1) is 17.9 Å². The SMILES string of the molecule is NCC(=O)Nc1cc(F)ccc1N. The van der Waals surface area contributed by atoms with E-state index in [1.807, 2.05) is 0 Å². The van der Waals surface area contributed by atoms with Crippen molar-refractivity contribution in [3.8, 4) is 0 Å². The highest BCUT2D eigenvalue weighted by molar-refractivity contribution is 5.94. The zero-order valence-electron chi connectivity index (χ0n) is 6.88. The molecule has 1 aromatic carbocycles. The maximum atomic E-state index is 12.7. The zero-order valence-corrected chi connectivity index (χ0v) is 6.88. The number of benzene rings is 1. The summed E-state index contributed by atoms with van der Waals surface area (Å²) in [5.41, 5.74) is 11.1. The Kier molecular flexibility index (Phi) is 2.81. The number of anilines is 2. The number of rotatable bonds is 2. The van der Waals surface area contributed by atoms with Crippen LogP contribution in [0.4, 0.5) is 15.8 Å². The van der Waals surface area contributed by atoms with E-state index in [0.717, 1.165) is 6.07 Å². The highest BCUT2D eigenvalue weighted by atomic mass is 19.1. The van der Waals surface area contributed by atoms with Crippen LogP contribution in [0.3, 0.4) is 0 Å². The van der Waals surface area contributed by atoms with Crippen LogP contribution in [0.1, 0.15) is 0 Å². The predicted molar refractivity (Wildman–Crippen MR) is 48.5 cm³/mol. The molecular formula is C8H10FN3O. The second-order valence-electron chi connectivity index (χ2n) is 2.48. The smallest absolute Gasteiger partial charge is 0.238 e. The number of nitrogen functional groups attached to an aromatic ring is 1. The Morgan fingerprint density at radius 3 is 2.85 bits per heavy atom. The maximum absolute atomic E-state index is 12.7. The number of amides is 1. The van der Waals surface area contributed by atoms with Crippen molar-refractivity contribution < 1.29 is 9.18 Å². The van der Waals surface area contributed by atoms with E-state index in [0.29, 0.717) is 5.69 Å². The minimum absolute atomic E-state index is 0.157. The van der Waals surface area contributed by atoms with Crippen LogP contribution in [0.25, 0.3) is 0 Å². The van der Waals surface area contributed by atoms with E-state index in [1.165, 1.54) is 12.1 Å². The molecule has 0 saturated heterocycles. The summed E-state index contributed by atoms with van der Waals surface area (Å²) >= 11 is 0. The largest absolute Gasteiger partial charge is 0.397 e. The summed E-state index contributed by atoms with van der Waals surface area (Å²) in [6.45, 7) is -0.157. The Morgan fingerprint density at radius 2 is 2.23 bits per heavy atom. The lowest BCUT2D eigenvalue weighted by Crippen LogP contribution is -2.22. The van der Waals surface area contributed by atoms with Gasteiger partial charge in [-0.15, -0.1) is 0 Å². The molecule has 1 amide bonds. The zero-order chi connectivity index (χ0) is 9.84. The third-order valence-electron chi connectivity index (χ3n) is 1.47. The fourth-order valence-electron chi connectivity index (χ4n) is 0.838. The monoisotopic (exact) mass is 183 g/mol. The second-order valence-corrected chi connectivity index (χ2v) is 2.48. The minimum atomic E-state index is -0.457. The molecule has 1 aromatic rings. The van der Waals surface area contributed by atoms with E-state index in [1.54, 1.807) is 0 Å². The molecule has 1 rings (SSSR count). The van der Waals surface area contributed by atoms with Gasteiger partial charge in [-0.1, -0.05) is 0 Å². The number of hydrogen-bond acceptors (Lipinski definition) is 3. The molecule has 0 atom stereocenters. The normalized spacial score (nSPS) is 9.69. The highest BCUT2D eigenvalue weighted by Gasteiger charge is 2.03. The van der Waals surface area contributed by atoms with Gasteiger partial charge < -0.3 is 16.8 Å². The van der Waals surface area contributed by atoms with Crippen LogP contribution < -0.4 is 16.8 Å². The molecule has 70 valence electrons. The Hall–Kier alpha value is -1.62. The fraction of sp³-hybridized carbons (Fsp3) is 0.125.